The van der Waals surface area contributed by atoms with Crippen molar-refractivity contribution in [3.05, 3.63) is 54.1 Å². The Morgan fingerprint density at radius 2 is 1.53 bits per heavy atom. The molecule has 2 aromatic carbocycles. The molecule has 1 atom stereocenters. The Morgan fingerprint density at radius 3 is 2.18 bits per heavy atom. The highest BCUT2D eigenvalue weighted by atomic mass is 32.2. The first-order chi connectivity index (χ1) is 8.24. The van der Waals surface area contributed by atoms with Gasteiger partial charge in [0.2, 0.25) is 0 Å². The van der Waals surface area contributed by atoms with Crippen molar-refractivity contribution in [2.24, 2.45) is 0 Å². The molecule has 2 nitrogen and oxygen atoms in total. The van der Waals surface area contributed by atoms with Gasteiger partial charge in [-0.1, -0.05) is 42.5 Å². The van der Waals surface area contributed by atoms with Gasteiger partial charge in [0.05, 0.1) is 4.90 Å². The molecule has 0 aliphatic heterocycles. The van der Waals surface area contributed by atoms with Gasteiger partial charge in [-0.3, -0.25) is 0 Å². The van der Waals surface area contributed by atoms with E-state index >= 15 is 0 Å². The van der Waals surface area contributed by atoms with Crippen LogP contribution >= 0.6 is 0 Å². The highest BCUT2D eigenvalue weighted by Crippen LogP contribution is 2.28. The van der Waals surface area contributed by atoms with Crippen LogP contribution in [0.1, 0.15) is 5.56 Å². The summed E-state index contributed by atoms with van der Waals surface area (Å²) in [6.07, 6.45) is 0. The molecule has 3 heteroatoms. The molecule has 88 valence electrons. The first kappa shape index (κ1) is 12.0. The minimum atomic E-state index is -1.16. The number of rotatable bonds is 3. The standard InChI is InChI=1S/C14H15NOS/c1-11-7-3-4-8-12(11)13-9-5-6-10-14(13)17(16)15-2/h3-10,15H,1-2H3. The van der Waals surface area contributed by atoms with Gasteiger partial charge in [0.1, 0.15) is 11.0 Å². The minimum absolute atomic E-state index is 0.823. The van der Waals surface area contributed by atoms with Gasteiger partial charge in [-0.15, -0.1) is 0 Å². The van der Waals surface area contributed by atoms with Crippen LogP contribution in [0.2, 0.25) is 0 Å². The molecule has 0 aromatic heterocycles. The highest BCUT2D eigenvalue weighted by molar-refractivity contribution is 7.83. The Labute approximate surface area is 104 Å². The van der Waals surface area contributed by atoms with E-state index in [0.717, 1.165) is 16.0 Å². The molecule has 0 radical (unpaired) electrons. The second-order valence-electron chi connectivity index (χ2n) is 3.78. The molecule has 0 aliphatic rings. The van der Waals surface area contributed by atoms with E-state index in [0.29, 0.717) is 0 Å². The van der Waals surface area contributed by atoms with Gasteiger partial charge in [0, 0.05) is 0 Å². The van der Waals surface area contributed by atoms with E-state index in [4.69, 9.17) is 0 Å². The summed E-state index contributed by atoms with van der Waals surface area (Å²) < 4.78 is 14.7. The van der Waals surface area contributed by atoms with E-state index < -0.39 is 11.0 Å². The van der Waals surface area contributed by atoms with Crippen LogP contribution < -0.4 is 4.72 Å². The summed E-state index contributed by atoms with van der Waals surface area (Å²) in [5.41, 5.74) is 3.35. The number of hydrogen-bond acceptors (Lipinski definition) is 1. The summed E-state index contributed by atoms with van der Waals surface area (Å²) in [5.74, 6) is 0. The molecule has 2 rings (SSSR count). The fourth-order valence-corrected chi connectivity index (χ4v) is 2.64. The number of hydrogen-bond donors (Lipinski definition) is 1. The molecule has 2 aromatic rings. The second kappa shape index (κ2) is 5.25. The van der Waals surface area contributed by atoms with Gasteiger partial charge in [0.25, 0.3) is 0 Å². The van der Waals surface area contributed by atoms with Crippen molar-refractivity contribution in [3.63, 3.8) is 0 Å². The molecule has 0 heterocycles. The molecule has 0 amide bonds. The third-order valence-electron chi connectivity index (χ3n) is 2.71. The zero-order valence-electron chi connectivity index (χ0n) is 9.94. The van der Waals surface area contributed by atoms with E-state index in [9.17, 15) is 4.21 Å². The molecule has 1 unspecified atom stereocenters. The molecule has 0 bridgehead atoms. The fourth-order valence-electron chi connectivity index (χ4n) is 1.84. The van der Waals surface area contributed by atoms with Crippen molar-refractivity contribution in [1.29, 1.82) is 0 Å². The topological polar surface area (TPSA) is 29.1 Å². The lowest BCUT2D eigenvalue weighted by Gasteiger charge is -2.10. The van der Waals surface area contributed by atoms with Crippen LogP contribution in [0.4, 0.5) is 0 Å². The summed E-state index contributed by atoms with van der Waals surface area (Å²) in [6, 6.07) is 15.9. The van der Waals surface area contributed by atoms with Gasteiger partial charge in [-0.2, -0.15) is 0 Å². The zero-order chi connectivity index (χ0) is 12.3. The van der Waals surface area contributed by atoms with Crippen LogP contribution in [0.15, 0.2) is 53.4 Å². The summed E-state index contributed by atoms with van der Waals surface area (Å²) in [4.78, 5) is 0.823. The van der Waals surface area contributed by atoms with Crippen LogP contribution in [0.25, 0.3) is 11.1 Å². The SMILES string of the molecule is CNS(=O)c1ccccc1-c1ccccc1C. The highest BCUT2D eigenvalue weighted by Gasteiger charge is 2.10. The van der Waals surface area contributed by atoms with Crippen molar-refractivity contribution in [2.75, 3.05) is 7.05 Å². The molecular formula is C14H15NOS. The number of aryl methyl sites for hydroxylation is 1. The zero-order valence-corrected chi connectivity index (χ0v) is 10.8. The lowest BCUT2D eigenvalue weighted by Crippen LogP contribution is -2.11. The molecule has 0 aliphatic carbocycles. The normalized spacial score (nSPS) is 12.4. The van der Waals surface area contributed by atoms with Crippen LogP contribution in [0.5, 0.6) is 0 Å². The van der Waals surface area contributed by atoms with E-state index in [2.05, 4.69) is 23.8 Å². The number of benzene rings is 2. The minimum Gasteiger partial charge on any atom is -0.237 e. The maximum absolute atomic E-state index is 11.9. The lowest BCUT2D eigenvalue weighted by atomic mass is 10.0. The Hall–Kier alpha value is -1.45. The number of nitrogens with one attached hydrogen (secondary N) is 1. The Kier molecular flexibility index (Phi) is 3.71. The lowest BCUT2D eigenvalue weighted by molar-refractivity contribution is 0.678. The summed E-state index contributed by atoms with van der Waals surface area (Å²) in [5, 5.41) is 0. The molecule has 17 heavy (non-hydrogen) atoms. The largest absolute Gasteiger partial charge is 0.237 e. The third-order valence-corrected chi connectivity index (χ3v) is 3.83. The second-order valence-corrected chi connectivity index (χ2v) is 5.17. The predicted octanol–water partition coefficient (Wildman–Crippen LogP) is 2.90. The first-order valence-electron chi connectivity index (χ1n) is 5.48. The van der Waals surface area contributed by atoms with E-state index in [1.54, 1.807) is 7.05 Å². The van der Waals surface area contributed by atoms with Gasteiger partial charge in [-0.05, 0) is 36.7 Å². The van der Waals surface area contributed by atoms with Gasteiger partial charge in [-0.25, -0.2) is 8.93 Å². The van der Waals surface area contributed by atoms with Gasteiger partial charge < -0.3 is 0 Å². The molecule has 1 N–H and O–H groups in total. The van der Waals surface area contributed by atoms with Crippen molar-refractivity contribution < 1.29 is 4.21 Å². The van der Waals surface area contributed by atoms with Crippen LogP contribution in [-0.4, -0.2) is 11.3 Å². The molecule has 0 spiro atoms. The molecule has 0 saturated carbocycles. The predicted molar refractivity (Wildman–Crippen MR) is 72.1 cm³/mol. The molecule has 0 saturated heterocycles. The van der Waals surface area contributed by atoms with E-state index in [1.165, 1.54) is 5.56 Å². The van der Waals surface area contributed by atoms with Crippen LogP contribution in [0, 0.1) is 6.92 Å². The van der Waals surface area contributed by atoms with E-state index in [1.807, 2.05) is 36.4 Å². The Morgan fingerprint density at radius 1 is 0.941 bits per heavy atom. The van der Waals surface area contributed by atoms with Crippen LogP contribution in [0.3, 0.4) is 0 Å². The Balaban J connectivity index is 2.60. The van der Waals surface area contributed by atoms with Gasteiger partial charge in [0.15, 0.2) is 0 Å². The van der Waals surface area contributed by atoms with Crippen molar-refractivity contribution >= 4 is 11.0 Å². The summed E-state index contributed by atoms with van der Waals surface area (Å²) >= 11 is 0. The summed E-state index contributed by atoms with van der Waals surface area (Å²) in [7, 11) is 0.538. The van der Waals surface area contributed by atoms with Crippen molar-refractivity contribution in [1.82, 2.24) is 4.72 Å². The fraction of sp³-hybridized carbons (Fsp3) is 0.143. The maximum atomic E-state index is 11.9. The first-order valence-corrected chi connectivity index (χ1v) is 6.63. The quantitative estimate of drug-likeness (QED) is 0.885. The average molecular weight is 245 g/mol. The average Bonchev–Trinajstić information content (AvgIpc) is 2.38. The van der Waals surface area contributed by atoms with Gasteiger partial charge >= 0.3 is 0 Å². The van der Waals surface area contributed by atoms with E-state index in [-0.39, 0.29) is 0 Å². The smallest absolute Gasteiger partial charge is 0.125 e. The molecular weight excluding hydrogens is 230 g/mol. The van der Waals surface area contributed by atoms with Crippen LogP contribution in [-0.2, 0) is 11.0 Å². The maximum Gasteiger partial charge on any atom is 0.125 e. The Bertz CT molecular complexity index is 551. The third kappa shape index (κ3) is 2.46. The summed E-state index contributed by atoms with van der Waals surface area (Å²) in [6.45, 7) is 2.06. The molecule has 0 fully saturated rings. The monoisotopic (exact) mass is 245 g/mol. The van der Waals surface area contributed by atoms with Crippen molar-refractivity contribution in [3.8, 4) is 11.1 Å². The van der Waals surface area contributed by atoms with Crippen molar-refractivity contribution in [2.45, 2.75) is 11.8 Å².